The number of amides is 2. The molecule has 0 saturated carbocycles. The molecule has 0 spiro atoms. The number of urea groups is 1. The van der Waals surface area contributed by atoms with Gasteiger partial charge in [0.2, 0.25) is 0 Å². The van der Waals surface area contributed by atoms with E-state index in [1.54, 1.807) is 37.4 Å². The van der Waals surface area contributed by atoms with Crippen LogP contribution in [0.2, 0.25) is 0 Å². The van der Waals surface area contributed by atoms with Gasteiger partial charge >= 0.3 is 12.0 Å². The third-order valence-corrected chi connectivity index (χ3v) is 3.39. The summed E-state index contributed by atoms with van der Waals surface area (Å²) in [6, 6.07) is 6.19. The summed E-state index contributed by atoms with van der Waals surface area (Å²) in [7, 11) is -0.977. The van der Waals surface area contributed by atoms with Crippen molar-refractivity contribution in [2.75, 3.05) is 17.3 Å². The van der Waals surface area contributed by atoms with Crippen LogP contribution in [0.15, 0.2) is 30.3 Å². The normalized spacial score (nSPS) is 13.6. The van der Waals surface area contributed by atoms with Gasteiger partial charge in [-0.1, -0.05) is 12.1 Å². The second kappa shape index (κ2) is 8.21. The van der Waals surface area contributed by atoms with E-state index in [-0.39, 0.29) is 6.04 Å². The Morgan fingerprint density at radius 1 is 1.43 bits per heavy atom. The zero-order chi connectivity index (χ0) is 15.8. The van der Waals surface area contributed by atoms with Crippen molar-refractivity contribution in [2.24, 2.45) is 0 Å². The summed E-state index contributed by atoms with van der Waals surface area (Å²) in [5, 5.41) is 13.9. The topological polar surface area (TPSA) is 95.5 Å². The van der Waals surface area contributed by atoms with Gasteiger partial charge < -0.3 is 15.7 Å². The third kappa shape index (κ3) is 7.26. The Labute approximate surface area is 125 Å². The molecule has 2 unspecified atom stereocenters. The summed E-state index contributed by atoms with van der Waals surface area (Å²) in [5.74, 6) is -0.651. The van der Waals surface area contributed by atoms with Gasteiger partial charge in [0.1, 0.15) is 0 Å². The van der Waals surface area contributed by atoms with Crippen LogP contribution in [0.25, 0.3) is 6.08 Å². The molecule has 21 heavy (non-hydrogen) atoms. The smallest absolute Gasteiger partial charge is 0.328 e. The summed E-state index contributed by atoms with van der Waals surface area (Å²) in [5.41, 5.74) is 1.21. The molecule has 2 atom stereocenters. The summed E-state index contributed by atoms with van der Waals surface area (Å²) >= 11 is 0. The van der Waals surface area contributed by atoms with Gasteiger partial charge in [-0.2, -0.15) is 0 Å². The Kier molecular flexibility index (Phi) is 6.61. The van der Waals surface area contributed by atoms with Crippen molar-refractivity contribution in [3.63, 3.8) is 0 Å². The molecule has 0 aliphatic rings. The van der Waals surface area contributed by atoms with Gasteiger partial charge in [-0.25, -0.2) is 9.59 Å². The van der Waals surface area contributed by atoms with E-state index < -0.39 is 22.8 Å². The van der Waals surface area contributed by atoms with Gasteiger partial charge in [0, 0.05) is 40.6 Å². The zero-order valence-electron chi connectivity index (χ0n) is 11.8. The molecule has 3 N–H and O–H groups in total. The van der Waals surface area contributed by atoms with Gasteiger partial charge in [-0.15, -0.1) is 0 Å². The van der Waals surface area contributed by atoms with Gasteiger partial charge in [-0.3, -0.25) is 4.21 Å². The first-order chi connectivity index (χ1) is 9.86. The van der Waals surface area contributed by atoms with Crippen LogP contribution in [-0.4, -0.2) is 39.4 Å². The van der Waals surface area contributed by atoms with Crippen molar-refractivity contribution < 1.29 is 18.9 Å². The average molecular weight is 310 g/mol. The van der Waals surface area contributed by atoms with Gasteiger partial charge in [0.05, 0.1) is 0 Å². The van der Waals surface area contributed by atoms with E-state index in [1.807, 2.05) is 0 Å². The van der Waals surface area contributed by atoms with Crippen LogP contribution in [0.3, 0.4) is 0 Å². The van der Waals surface area contributed by atoms with E-state index >= 15 is 0 Å². The minimum Gasteiger partial charge on any atom is -0.478 e. The lowest BCUT2D eigenvalue weighted by Crippen LogP contribution is -2.39. The second-order valence-corrected chi connectivity index (χ2v) is 6.02. The van der Waals surface area contributed by atoms with Crippen molar-refractivity contribution >= 4 is 34.6 Å². The molecule has 0 aromatic heterocycles. The number of anilines is 1. The molecule has 0 saturated heterocycles. The van der Waals surface area contributed by atoms with Gasteiger partial charge in [0.15, 0.2) is 0 Å². The maximum absolute atomic E-state index is 11.7. The highest BCUT2D eigenvalue weighted by atomic mass is 32.2. The van der Waals surface area contributed by atoms with Crippen molar-refractivity contribution in [1.82, 2.24) is 5.32 Å². The number of carboxylic acid groups (broad SMARTS) is 1. The predicted octanol–water partition coefficient (Wildman–Crippen LogP) is 1.67. The number of carbonyl (C=O) groups excluding carboxylic acids is 1. The summed E-state index contributed by atoms with van der Waals surface area (Å²) in [4.78, 5) is 22.2. The number of hydrogen-bond acceptors (Lipinski definition) is 3. The number of rotatable bonds is 6. The lowest BCUT2D eigenvalue weighted by Gasteiger charge is -2.13. The number of carbonyl (C=O) groups is 2. The van der Waals surface area contributed by atoms with Crippen molar-refractivity contribution in [2.45, 2.75) is 13.0 Å². The Balaban J connectivity index is 2.62. The molecule has 2 amide bonds. The maximum atomic E-state index is 11.7. The fourth-order valence-electron chi connectivity index (χ4n) is 1.67. The standard InChI is InChI=1S/C14H18N2O4S/c1-10(9-21(2)20)15-14(19)16-12-5-3-4-11(8-12)6-7-13(17)18/h3-8,10H,9H2,1-2H3,(H,17,18)(H2,15,16,19)/b7-6+. The molecule has 0 aliphatic carbocycles. The maximum Gasteiger partial charge on any atom is 0.328 e. The molecule has 114 valence electrons. The number of hydrogen-bond donors (Lipinski definition) is 3. The highest BCUT2D eigenvalue weighted by Gasteiger charge is 2.08. The first kappa shape index (κ1) is 16.9. The number of benzene rings is 1. The van der Waals surface area contributed by atoms with E-state index in [0.29, 0.717) is 17.0 Å². The average Bonchev–Trinajstić information content (AvgIpc) is 2.35. The van der Waals surface area contributed by atoms with Crippen LogP contribution in [-0.2, 0) is 15.6 Å². The summed E-state index contributed by atoms with van der Waals surface area (Å²) in [6.45, 7) is 1.77. The van der Waals surface area contributed by atoms with Gasteiger partial charge in [0.25, 0.3) is 0 Å². The Morgan fingerprint density at radius 2 is 2.14 bits per heavy atom. The van der Waals surface area contributed by atoms with Crippen molar-refractivity contribution in [3.8, 4) is 0 Å². The lowest BCUT2D eigenvalue weighted by molar-refractivity contribution is -0.131. The molecular weight excluding hydrogens is 292 g/mol. The summed E-state index contributed by atoms with van der Waals surface area (Å²) in [6.07, 6.45) is 4.04. The van der Waals surface area contributed by atoms with Crippen LogP contribution < -0.4 is 10.6 Å². The molecule has 1 aromatic carbocycles. The first-order valence-corrected chi connectivity index (χ1v) is 7.98. The largest absolute Gasteiger partial charge is 0.478 e. The zero-order valence-corrected chi connectivity index (χ0v) is 12.6. The monoisotopic (exact) mass is 310 g/mol. The molecule has 0 bridgehead atoms. The Morgan fingerprint density at radius 3 is 2.76 bits per heavy atom. The molecule has 1 aromatic rings. The molecule has 7 heteroatoms. The van der Waals surface area contributed by atoms with E-state index in [4.69, 9.17) is 5.11 Å². The third-order valence-electron chi connectivity index (χ3n) is 2.43. The van der Waals surface area contributed by atoms with E-state index in [9.17, 15) is 13.8 Å². The molecule has 0 fully saturated rings. The molecule has 0 aliphatic heterocycles. The first-order valence-electron chi connectivity index (χ1n) is 6.25. The Hall–Kier alpha value is -2.15. The van der Waals surface area contributed by atoms with E-state index in [1.165, 1.54) is 6.08 Å². The molecule has 0 radical (unpaired) electrons. The van der Waals surface area contributed by atoms with Crippen LogP contribution in [0.5, 0.6) is 0 Å². The highest BCUT2D eigenvalue weighted by Crippen LogP contribution is 2.12. The molecular formula is C14H18N2O4S. The minimum absolute atomic E-state index is 0.203. The van der Waals surface area contributed by atoms with Crippen molar-refractivity contribution in [3.05, 3.63) is 35.9 Å². The highest BCUT2D eigenvalue weighted by molar-refractivity contribution is 7.84. The van der Waals surface area contributed by atoms with E-state index in [2.05, 4.69) is 10.6 Å². The number of carboxylic acids is 1. The Bertz CT molecular complexity index is 572. The van der Waals surface area contributed by atoms with Crippen LogP contribution >= 0.6 is 0 Å². The quantitative estimate of drug-likeness (QED) is 0.697. The van der Waals surface area contributed by atoms with Crippen LogP contribution in [0, 0.1) is 0 Å². The lowest BCUT2D eigenvalue weighted by atomic mass is 10.2. The van der Waals surface area contributed by atoms with Crippen molar-refractivity contribution in [1.29, 1.82) is 0 Å². The summed E-state index contributed by atoms with van der Waals surface area (Å²) < 4.78 is 11.0. The van der Waals surface area contributed by atoms with Crippen LogP contribution in [0.4, 0.5) is 10.5 Å². The SMILES string of the molecule is CC(CS(C)=O)NC(=O)Nc1cccc(/C=C/C(=O)O)c1. The van der Waals surface area contributed by atoms with Crippen LogP contribution in [0.1, 0.15) is 12.5 Å². The second-order valence-electron chi connectivity index (χ2n) is 4.54. The molecule has 6 nitrogen and oxygen atoms in total. The van der Waals surface area contributed by atoms with E-state index in [0.717, 1.165) is 6.08 Å². The number of nitrogens with one attached hydrogen (secondary N) is 2. The fraction of sp³-hybridized carbons (Fsp3) is 0.286. The van der Waals surface area contributed by atoms with Gasteiger partial charge in [-0.05, 0) is 30.7 Å². The minimum atomic E-state index is -1.03. The predicted molar refractivity (Wildman–Crippen MR) is 83.7 cm³/mol. The molecule has 0 heterocycles. The molecule has 1 rings (SSSR count). The number of aliphatic carboxylic acids is 1. The fourth-order valence-corrected chi connectivity index (χ4v) is 2.46.